The molecule has 1 aliphatic heterocycles. The fourth-order valence-electron chi connectivity index (χ4n) is 3.02. The number of nitrogens with zero attached hydrogens (tertiary/aromatic N) is 1. The Balaban J connectivity index is 1.50. The first-order valence-corrected chi connectivity index (χ1v) is 8.53. The maximum Gasteiger partial charge on any atom is 0.246 e. The van der Waals surface area contributed by atoms with Crippen LogP contribution in [0.25, 0.3) is 10.9 Å². The molecule has 2 aromatic rings. The van der Waals surface area contributed by atoms with Crippen LogP contribution in [0.1, 0.15) is 30.4 Å². The molecule has 0 bridgehead atoms. The lowest BCUT2D eigenvalue weighted by atomic mass is 10.0. The summed E-state index contributed by atoms with van der Waals surface area (Å²) in [5.74, 6) is -0.105. The summed E-state index contributed by atoms with van der Waals surface area (Å²) < 4.78 is 11.1. The average molecular weight is 328 g/mol. The molecule has 1 fully saturated rings. The van der Waals surface area contributed by atoms with Crippen LogP contribution in [-0.4, -0.2) is 36.8 Å². The summed E-state index contributed by atoms with van der Waals surface area (Å²) in [6.07, 6.45) is 5.23. The van der Waals surface area contributed by atoms with Crippen LogP contribution in [-0.2, 0) is 20.8 Å². The van der Waals surface area contributed by atoms with Gasteiger partial charge in [0.05, 0.1) is 18.2 Å². The normalized spacial score (nSPS) is 17.8. The lowest BCUT2D eigenvalue weighted by Crippen LogP contribution is -2.30. The van der Waals surface area contributed by atoms with Crippen molar-refractivity contribution in [1.29, 1.82) is 0 Å². The Labute approximate surface area is 142 Å². The van der Waals surface area contributed by atoms with Gasteiger partial charge in [-0.2, -0.15) is 0 Å². The van der Waals surface area contributed by atoms with Gasteiger partial charge in [-0.15, -0.1) is 0 Å². The van der Waals surface area contributed by atoms with Crippen LogP contribution in [0.3, 0.4) is 0 Å². The zero-order valence-corrected chi connectivity index (χ0v) is 14.1. The van der Waals surface area contributed by atoms with Crippen molar-refractivity contribution in [1.82, 2.24) is 10.3 Å². The predicted octanol–water partition coefficient (Wildman–Crippen LogP) is 2.75. The van der Waals surface area contributed by atoms with Gasteiger partial charge in [0, 0.05) is 24.7 Å². The van der Waals surface area contributed by atoms with E-state index in [0.29, 0.717) is 13.2 Å². The van der Waals surface area contributed by atoms with Crippen molar-refractivity contribution < 1.29 is 14.3 Å². The number of ether oxygens (including phenoxy) is 2. The number of rotatable bonds is 6. The Kier molecular flexibility index (Phi) is 5.77. The molecule has 1 saturated heterocycles. The maximum atomic E-state index is 12.0. The van der Waals surface area contributed by atoms with E-state index in [1.165, 1.54) is 6.42 Å². The monoisotopic (exact) mass is 328 g/mol. The highest BCUT2D eigenvalue weighted by atomic mass is 16.5. The summed E-state index contributed by atoms with van der Waals surface area (Å²) in [5, 5.41) is 4.02. The number of hydrogen-bond donors (Lipinski definition) is 1. The third-order valence-corrected chi connectivity index (χ3v) is 4.40. The highest BCUT2D eigenvalue weighted by Crippen LogP contribution is 2.20. The van der Waals surface area contributed by atoms with Gasteiger partial charge in [0.25, 0.3) is 0 Å². The van der Waals surface area contributed by atoms with Crippen LogP contribution in [0.5, 0.6) is 0 Å². The fourth-order valence-corrected chi connectivity index (χ4v) is 3.02. The fraction of sp³-hybridized carbons (Fsp3) is 0.474. The molecule has 3 rings (SSSR count). The zero-order chi connectivity index (χ0) is 16.8. The predicted molar refractivity (Wildman–Crippen MR) is 92.7 cm³/mol. The van der Waals surface area contributed by atoms with E-state index in [-0.39, 0.29) is 18.6 Å². The topological polar surface area (TPSA) is 60.5 Å². The van der Waals surface area contributed by atoms with Gasteiger partial charge in [-0.05, 0) is 49.4 Å². The van der Waals surface area contributed by atoms with Crippen LogP contribution < -0.4 is 5.32 Å². The standard InChI is InChI=1S/C19H24N2O3/c1-14-7-8-18-16(6-4-9-20-18)17(14)11-21-19(22)13-23-12-15-5-2-3-10-24-15/h4,6-9,15H,2-3,5,10-13H2,1H3,(H,21,22)/t15-/m0/s1. The Bertz CT molecular complexity index is 696. The van der Waals surface area contributed by atoms with Gasteiger partial charge in [0.2, 0.25) is 5.91 Å². The Morgan fingerprint density at radius 1 is 1.38 bits per heavy atom. The van der Waals surface area contributed by atoms with Crippen LogP contribution in [0.2, 0.25) is 0 Å². The molecule has 1 atom stereocenters. The molecule has 2 heterocycles. The van der Waals surface area contributed by atoms with Gasteiger partial charge in [-0.1, -0.05) is 12.1 Å². The number of amides is 1. The quantitative estimate of drug-likeness (QED) is 0.886. The summed E-state index contributed by atoms with van der Waals surface area (Å²) in [5.41, 5.74) is 3.19. The first-order valence-electron chi connectivity index (χ1n) is 8.53. The smallest absolute Gasteiger partial charge is 0.246 e. The van der Waals surface area contributed by atoms with Crippen molar-refractivity contribution in [2.24, 2.45) is 0 Å². The van der Waals surface area contributed by atoms with E-state index in [9.17, 15) is 4.79 Å². The number of carbonyl (C=O) groups is 1. The van der Waals surface area contributed by atoms with Crippen LogP contribution in [0, 0.1) is 6.92 Å². The molecular formula is C19H24N2O3. The van der Waals surface area contributed by atoms with E-state index in [1.54, 1.807) is 6.20 Å². The van der Waals surface area contributed by atoms with Gasteiger partial charge in [0.15, 0.2) is 0 Å². The molecular weight excluding hydrogens is 304 g/mol. The van der Waals surface area contributed by atoms with E-state index in [0.717, 1.165) is 41.5 Å². The van der Waals surface area contributed by atoms with E-state index in [2.05, 4.69) is 10.3 Å². The number of aryl methyl sites for hydroxylation is 1. The van der Waals surface area contributed by atoms with Gasteiger partial charge in [-0.3, -0.25) is 9.78 Å². The van der Waals surface area contributed by atoms with E-state index in [1.807, 2.05) is 31.2 Å². The third kappa shape index (κ3) is 4.30. The molecule has 1 N–H and O–H groups in total. The number of nitrogens with one attached hydrogen (secondary N) is 1. The second-order valence-corrected chi connectivity index (χ2v) is 6.21. The second kappa shape index (κ2) is 8.22. The summed E-state index contributed by atoms with van der Waals surface area (Å²) >= 11 is 0. The van der Waals surface area contributed by atoms with Crippen molar-refractivity contribution in [2.45, 2.75) is 38.8 Å². The van der Waals surface area contributed by atoms with Gasteiger partial charge in [-0.25, -0.2) is 0 Å². The number of pyridine rings is 1. The second-order valence-electron chi connectivity index (χ2n) is 6.21. The molecule has 0 spiro atoms. The van der Waals surface area contributed by atoms with Gasteiger partial charge < -0.3 is 14.8 Å². The number of aromatic nitrogens is 1. The van der Waals surface area contributed by atoms with Crippen LogP contribution >= 0.6 is 0 Å². The lowest BCUT2D eigenvalue weighted by Gasteiger charge is -2.22. The molecule has 1 aromatic heterocycles. The number of fused-ring (bicyclic) bond motifs is 1. The Morgan fingerprint density at radius 2 is 2.29 bits per heavy atom. The molecule has 0 unspecified atom stereocenters. The zero-order valence-electron chi connectivity index (χ0n) is 14.1. The van der Waals surface area contributed by atoms with Crippen molar-refractivity contribution in [3.05, 3.63) is 41.6 Å². The van der Waals surface area contributed by atoms with E-state index < -0.39 is 0 Å². The maximum absolute atomic E-state index is 12.0. The number of carbonyl (C=O) groups excluding carboxylic acids is 1. The molecule has 1 aliphatic rings. The minimum absolute atomic E-state index is 0.0714. The van der Waals surface area contributed by atoms with Crippen LogP contribution in [0.4, 0.5) is 0 Å². The largest absolute Gasteiger partial charge is 0.376 e. The summed E-state index contributed by atoms with van der Waals surface area (Å²) in [6.45, 7) is 3.89. The molecule has 0 saturated carbocycles. The molecule has 5 heteroatoms. The average Bonchev–Trinajstić information content (AvgIpc) is 2.62. The summed E-state index contributed by atoms with van der Waals surface area (Å²) in [7, 11) is 0. The van der Waals surface area contributed by atoms with E-state index in [4.69, 9.17) is 9.47 Å². The number of benzene rings is 1. The summed E-state index contributed by atoms with van der Waals surface area (Å²) in [6, 6.07) is 7.99. The first kappa shape index (κ1) is 16.9. The van der Waals surface area contributed by atoms with Crippen molar-refractivity contribution in [2.75, 3.05) is 19.8 Å². The molecule has 0 radical (unpaired) electrons. The van der Waals surface area contributed by atoms with Gasteiger partial charge >= 0.3 is 0 Å². The van der Waals surface area contributed by atoms with E-state index >= 15 is 0 Å². The first-order chi connectivity index (χ1) is 11.7. The van der Waals surface area contributed by atoms with Crippen molar-refractivity contribution in [3.8, 4) is 0 Å². The molecule has 128 valence electrons. The Hall–Kier alpha value is -1.98. The highest BCUT2D eigenvalue weighted by Gasteiger charge is 2.14. The van der Waals surface area contributed by atoms with Crippen molar-refractivity contribution >= 4 is 16.8 Å². The molecule has 0 aliphatic carbocycles. The number of hydrogen-bond acceptors (Lipinski definition) is 4. The molecule has 1 amide bonds. The minimum atomic E-state index is -0.105. The molecule has 1 aromatic carbocycles. The summed E-state index contributed by atoms with van der Waals surface area (Å²) in [4.78, 5) is 16.4. The SMILES string of the molecule is Cc1ccc2ncccc2c1CNC(=O)COC[C@@H]1CCCCO1. The van der Waals surface area contributed by atoms with Crippen molar-refractivity contribution in [3.63, 3.8) is 0 Å². The minimum Gasteiger partial charge on any atom is -0.376 e. The third-order valence-electron chi connectivity index (χ3n) is 4.40. The lowest BCUT2D eigenvalue weighted by molar-refractivity contribution is -0.128. The molecule has 24 heavy (non-hydrogen) atoms. The molecule has 5 nitrogen and oxygen atoms in total. The van der Waals surface area contributed by atoms with Gasteiger partial charge in [0.1, 0.15) is 6.61 Å². The van der Waals surface area contributed by atoms with Crippen LogP contribution in [0.15, 0.2) is 30.5 Å². The highest BCUT2D eigenvalue weighted by molar-refractivity contribution is 5.84. The Morgan fingerprint density at radius 3 is 3.12 bits per heavy atom.